The van der Waals surface area contributed by atoms with Gasteiger partial charge in [0.2, 0.25) is 0 Å². The first-order chi connectivity index (χ1) is 8.26. The lowest BCUT2D eigenvalue weighted by molar-refractivity contribution is 0.416. The first kappa shape index (κ1) is 12.6. The van der Waals surface area contributed by atoms with E-state index in [4.69, 9.17) is 5.73 Å². The van der Waals surface area contributed by atoms with Gasteiger partial charge in [0.25, 0.3) is 0 Å². The quantitative estimate of drug-likeness (QED) is 0.812. The van der Waals surface area contributed by atoms with E-state index >= 15 is 0 Å². The van der Waals surface area contributed by atoms with E-state index in [0.717, 1.165) is 12.3 Å². The van der Waals surface area contributed by atoms with Crippen molar-refractivity contribution in [2.45, 2.75) is 39.2 Å². The van der Waals surface area contributed by atoms with Crippen molar-refractivity contribution in [1.29, 1.82) is 0 Å². The molecular weight excluding hydrogens is 226 g/mol. The van der Waals surface area contributed by atoms with E-state index < -0.39 is 0 Å². The van der Waals surface area contributed by atoms with Crippen molar-refractivity contribution in [3.05, 3.63) is 35.2 Å². The van der Waals surface area contributed by atoms with Gasteiger partial charge in [-0.25, -0.2) is 0 Å². The SMILES string of the molecule is CCC(CC)CC(N)c1csc2ccccc12. The van der Waals surface area contributed by atoms with Crippen molar-refractivity contribution >= 4 is 21.4 Å². The maximum absolute atomic E-state index is 6.36. The minimum absolute atomic E-state index is 0.191. The summed E-state index contributed by atoms with van der Waals surface area (Å²) < 4.78 is 1.35. The molecule has 2 heteroatoms. The van der Waals surface area contributed by atoms with Gasteiger partial charge in [0, 0.05) is 10.7 Å². The summed E-state index contributed by atoms with van der Waals surface area (Å²) in [4.78, 5) is 0. The second kappa shape index (κ2) is 5.65. The number of hydrogen-bond donors (Lipinski definition) is 1. The second-order valence-corrected chi connectivity index (χ2v) is 5.62. The largest absolute Gasteiger partial charge is 0.324 e. The van der Waals surface area contributed by atoms with Crippen molar-refractivity contribution in [2.75, 3.05) is 0 Å². The van der Waals surface area contributed by atoms with Gasteiger partial charge in [-0.2, -0.15) is 0 Å². The topological polar surface area (TPSA) is 26.0 Å². The van der Waals surface area contributed by atoms with E-state index in [-0.39, 0.29) is 6.04 Å². The Morgan fingerprint density at radius 2 is 1.88 bits per heavy atom. The van der Waals surface area contributed by atoms with Gasteiger partial charge in [-0.3, -0.25) is 0 Å². The van der Waals surface area contributed by atoms with E-state index in [0.29, 0.717) is 0 Å². The van der Waals surface area contributed by atoms with Gasteiger partial charge < -0.3 is 5.73 Å². The second-order valence-electron chi connectivity index (χ2n) is 4.71. The van der Waals surface area contributed by atoms with Crippen LogP contribution in [0.25, 0.3) is 10.1 Å². The maximum Gasteiger partial charge on any atom is 0.0346 e. The summed E-state index contributed by atoms with van der Waals surface area (Å²) in [6, 6.07) is 8.75. The molecular formula is C15H21NS. The van der Waals surface area contributed by atoms with Gasteiger partial charge in [-0.1, -0.05) is 44.9 Å². The fraction of sp³-hybridized carbons (Fsp3) is 0.467. The zero-order valence-corrected chi connectivity index (χ0v) is 11.5. The number of thiophene rings is 1. The van der Waals surface area contributed by atoms with E-state index in [2.05, 4.69) is 43.5 Å². The van der Waals surface area contributed by atoms with E-state index in [1.165, 1.54) is 28.5 Å². The molecule has 2 N–H and O–H groups in total. The van der Waals surface area contributed by atoms with Crippen LogP contribution >= 0.6 is 11.3 Å². The molecule has 0 radical (unpaired) electrons. The summed E-state index contributed by atoms with van der Waals surface area (Å²) in [5.74, 6) is 0.753. The van der Waals surface area contributed by atoms with E-state index in [1.54, 1.807) is 11.3 Å². The van der Waals surface area contributed by atoms with Crippen molar-refractivity contribution < 1.29 is 0 Å². The van der Waals surface area contributed by atoms with Crippen molar-refractivity contribution in [2.24, 2.45) is 11.7 Å². The molecule has 1 aromatic heterocycles. The molecule has 1 atom stereocenters. The lowest BCUT2D eigenvalue weighted by Gasteiger charge is -2.18. The Morgan fingerprint density at radius 1 is 1.18 bits per heavy atom. The van der Waals surface area contributed by atoms with Crippen molar-refractivity contribution in [1.82, 2.24) is 0 Å². The van der Waals surface area contributed by atoms with Crippen LogP contribution in [0.4, 0.5) is 0 Å². The lowest BCUT2D eigenvalue weighted by atomic mass is 9.91. The molecule has 1 heterocycles. The molecule has 0 aliphatic heterocycles. The Balaban J connectivity index is 2.21. The third-order valence-corrected chi connectivity index (χ3v) is 4.63. The van der Waals surface area contributed by atoms with Crippen LogP contribution in [0.15, 0.2) is 29.6 Å². The Kier molecular flexibility index (Phi) is 4.19. The Morgan fingerprint density at radius 3 is 2.59 bits per heavy atom. The van der Waals surface area contributed by atoms with Crippen LogP contribution in [0.5, 0.6) is 0 Å². The molecule has 1 nitrogen and oxygen atoms in total. The summed E-state index contributed by atoms with van der Waals surface area (Å²) in [5.41, 5.74) is 7.70. The molecule has 2 aromatic rings. The third-order valence-electron chi connectivity index (χ3n) is 3.65. The molecule has 17 heavy (non-hydrogen) atoms. The average Bonchev–Trinajstić information content (AvgIpc) is 2.79. The molecule has 1 unspecified atom stereocenters. The summed E-state index contributed by atoms with van der Waals surface area (Å²) in [6.07, 6.45) is 3.56. The van der Waals surface area contributed by atoms with Gasteiger partial charge in [-0.15, -0.1) is 11.3 Å². The molecule has 0 aliphatic rings. The zero-order valence-electron chi connectivity index (χ0n) is 10.6. The zero-order chi connectivity index (χ0) is 12.3. The molecule has 0 saturated carbocycles. The molecule has 0 aliphatic carbocycles. The number of nitrogens with two attached hydrogens (primary N) is 1. The molecule has 0 fully saturated rings. The molecule has 0 saturated heterocycles. The standard InChI is InChI=1S/C15H21NS/c1-3-11(4-2)9-14(16)13-10-17-15-8-6-5-7-12(13)15/h5-8,10-11,14H,3-4,9,16H2,1-2H3. The monoisotopic (exact) mass is 247 g/mol. The summed E-state index contributed by atoms with van der Waals surface area (Å²) >= 11 is 1.80. The minimum Gasteiger partial charge on any atom is -0.324 e. The van der Waals surface area contributed by atoms with Crippen LogP contribution in [0.1, 0.15) is 44.7 Å². The molecule has 0 amide bonds. The van der Waals surface area contributed by atoms with Gasteiger partial charge in [0.15, 0.2) is 0 Å². The Bertz CT molecular complexity index is 470. The third kappa shape index (κ3) is 2.70. The van der Waals surface area contributed by atoms with Crippen LogP contribution < -0.4 is 5.73 Å². The highest BCUT2D eigenvalue weighted by atomic mass is 32.1. The minimum atomic E-state index is 0.191. The predicted molar refractivity (Wildman–Crippen MR) is 77.4 cm³/mol. The van der Waals surface area contributed by atoms with Crippen LogP contribution in [0.2, 0.25) is 0 Å². The summed E-state index contributed by atoms with van der Waals surface area (Å²) in [7, 11) is 0. The molecule has 0 bridgehead atoms. The molecule has 1 aromatic carbocycles. The number of benzene rings is 1. The fourth-order valence-electron chi connectivity index (χ4n) is 2.39. The molecule has 0 spiro atoms. The summed E-state index contributed by atoms with van der Waals surface area (Å²) in [6.45, 7) is 4.51. The first-order valence-electron chi connectivity index (χ1n) is 6.48. The highest BCUT2D eigenvalue weighted by Crippen LogP contribution is 2.32. The van der Waals surface area contributed by atoms with Crippen molar-refractivity contribution in [3.63, 3.8) is 0 Å². The highest BCUT2D eigenvalue weighted by molar-refractivity contribution is 7.17. The van der Waals surface area contributed by atoms with E-state index in [1.807, 2.05) is 0 Å². The number of rotatable bonds is 5. The van der Waals surface area contributed by atoms with Gasteiger partial charge in [-0.05, 0) is 34.7 Å². The van der Waals surface area contributed by atoms with Crippen LogP contribution in [-0.2, 0) is 0 Å². The Hall–Kier alpha value is -0.860. The van der Waals surface area contributed by atoms with Crippen LogP contribution in [0, 0.1) is 5.92 Å². The van der Waals surface area contributed by atoms with Gasteiger partial charge in [0.05, 0.1) is 0 Å². The van der Waals surface area contributed by atoms with E-state index in [9.17, 15) is 0 Å². The lowest BCUT2D eigenvalue weighted by Crippen LogP contribution is -2.14. The van der Waals surface area contributed by atoms with Crippen LogP contribution in [-0.4, -0.2) is 0 Å². The predicted octanol–water partition coefficient (Wildman–Crippen LogP) is 4.73. The van der Waals surface area contributed by atoms with Crippen LogP contribution in [0.3, 0.4) is 0 Å². The molecule has 2 rings (SSSR count). The maximum atomic E-state index is 6.36. The molecule has 92 valence electrons. The first-order valence-corrected chi connectivity index (χ1v) is 7.35. The van der Waals surface area contributed by atoms with Gasteiger partial charge in [0.1, 0.15) is 0 Å². The number of fused-ring (bicyclic) bond motifs is 1. The highest BCUT2D eigenvalue weighted by Gasteiger charge is 2.15. The van der Waals surface area contributed by atoms with Crippen molar-refractivity contribution in [3.8, 4) is 0 Å². The Labute approximate surface area is 108 Å². The summed E-state index contributed by atoms with van der Waals surface area (Å²) in [5, 5.41) is 3.58. The average molecular weight is 247 g/mol. The fourth-order valence-corrected chi connectivity index (χ4v) is 3.42. The number of hydrogen-bond acceptors (Lipinski definition) is 2. The van der Waals surface area contributed by atoms with Gasteiger partial charge >= 0.3 is 0 Å². The normalized spacial score (nSPS) is 13.4. The smallest absolute Gasteiger partial charge is 0.0346 e.